The van der Waals surface area contributed by atoms with Gasteiger partial charge in [0.2, 0.25) is 0 Å². The highest BCUT2D eigenvalue weighted by Gasteiger charge is 2.09. The first-order valence-electron chi connectivity index (χ1n) is 5.26. The van der Waals surface area contributed by atoms with Crippen LogP contribution in [0.2, 0.25) is 0 Å². The van der Waals surface area contributed by atoms with Crippen molar-refractivity contribution in [3.05, 3.63) is 64.1 Å². The largest absolute Gasteiger partial charge is 0.324 e. The Hall–Kier alpha value is -1.26. The van der Waals surface area contributed by atoms with Gasteiger partial charge in [0.25, 0.3) is 0 Å². The number of pyridine rings is 1. The minimum absolute atomic E-state index is 0.111. The Morgan fingerprint density at radius 2 is 1.94 bits per heavy atom. The van der Waals surface area contributed by atoms with Gasteiger partial charge in [0.05, 0.1) is 0 Å². The number of benzene rings is 1. The molecule has 0 aliphatic carbocycles. The molecule has 0 fully saturated rings. The van der Waals surface area contributed by atoms with Crippen LogP contribution in [-0.2, 0) is 6.42 Å². The number of nitrogens with two attached hydrogens (primary N) is 1. The van der Waals surface area contributed by atoms with Crippen LogP contribution >= 0.6 is 15.9 Å². The third-order valence-corrected chi connectivity index (χ3v) is 3.33. The van der Waals surface area contributed by atoms with Gasteiger partial charge in [-0.1, -0.05) is 22.0 Å². The Labute approximate surface area is 108 Å². The molecule has 1 aromatic carbocycles. The molecule has 0 spiro atoms. The van der Waals surface area contributed by atoms with Crippen LogP contribution in [0.3, 0.4) is 0 Å². The van der Waals surface area contributed by atoms with Crippen LogP contribution in [0.15, 0.2) is 47.2 Å². The summed E-state index contributed by atoms with van der Waals surface area (Å²) in [6.45, 7) is 0. The summed E-state index contributed by atoms with van der Waals surface area (Å²) < 4.78 is 13.7. The Morgan fingerprint density at radius 3 is 2.59 bits per heavy atom. The van der Waals surface area contributed by atoms with E-state index in [9.17, 15) is 4.39 Å². The minimum Gasteiger partial charge on any atom is -0.324 e. The SMILES string of the molecule is NC(Cc1ccc(F)cc1Br)c1ccncc1. The highest BCUT2D eigenvalue weighted by atomic mass is 79.9. The lowest BCUT2D eigenvalue weighted by molar-refractivity contribution is 0.624. The van der Waals surface area contributed by atoms with Crippen molar-refractivity contribution in [2.75, 3.05) is 0 Å². The van der Waals surface area contributed by atoms with Crippen molar-refractivity contribution in [1.82, 2.24) is 4.98 Å². The van der Waals surface area contributed by atoms with Gasteiger partial charge in [-0.3, -0.25) is 4.98 Å². The summed E-state index contributed by atoms with van der Waals surface area (Å²) in [6.07, 6.45) is 4.09. The van der Waals surface area contributed by atoms with Crippen molar-refractivity contribution in [3.8, 4) is 0 Å². The second-order valence-corrected chi connectivity index (χ2v) is 4.68. The van der Waals surface area contributed by atoms with Gasteiger partial charge in [0.15, 0.2) is 0 Å². The fourth-order valence-electron chi connectivity index (χ4n) is 1.65. The molecular weight excluding hydrogens is 283 g/mol. The second-order valence-electron chi connectivity index (χ2n) is 3.83. The topological polar surface area (TPSA) is 38.9 Å². The molecule has 1 heterocycles. The summed E-state index contributed by atoms with van der Waals surface area (Å²) in [4.78, 5) is 3.95. The van der Waals surface area contributed by atoms with E-state index in [0.717, 1.165) is 15.6 Å². The highest BCUT2D eigenvalue weighted by molar-refractivity contribution is 9.10. The number of halogens is 2. The van der Waals surface area contributed by atoms with Gasteiger partial charge in [-0.05, 0) is 41.8 Å². The van der Waals surface area contributed by atoms with Crippen LogP contribution in [0, 0.1) is 5.82 Å². The molecule has 2 nitrogen and oxygen atoms in total. The summed E-state index contributed by atoms with van der Waals surface area (Å²) >= 11 is 3.34. The first-order valence-corrected chi connectivity index (χ1v) is 6.05. The van der Waals surface area contributed by atoms with Crippen LogP contribution in [0.25, 0.3) is 0 Å². The van der Waals surface area contributed by atoms with Gasteiger partial charge in [-0.15, -0.1) is 0 Å². The fourth-order valence-corrected chi connectivity index (χ4v) is 2.17. The van der Waals surface area contributed by atoms with E-state index < -0.39 is 0 Å². The van der Waals surface area contributed by atoms with E-state index in [0.29, 0.717) is 6.42 Å². The third kappa shape index (κ3) is 3.11. The summed E-state index contributed by atoms with van der Waals surface area (Å²) in [5, 5.41) is 0. The van der Waals surface area contributed by atoms with E-state index >= 15 is 0 Å². The van der Waals surface area contributed by atoms with E-state index in [1.807, 2.05) is 12.1 Å². The molecule has 0 amide bonds. The molecule has 2 rings (SSSR count). The van der Waals surface area contributed by atoms with Gasteiger partial charge in [-0.2, -0.15) is 0 Å². The van der Waals surface area contributed by atoms with E-state index in [1.54, 1.807) is 18.5 Å². The van der Waals surface area contributed by atoms with E-state index in [4.69, 9.17) is 5.73 Å². The smallest absolute Gasteiger partial charge is 0.124 e. The molecule has 2 aromatic rings. The predicted molar refractivity (Wildman–Crippen MR) is 69.0 cm³/mol. The fraction of sp³-hybridized carbons (Fsp3) is 0.154. The molecule has 0 bridgehead atoms. The highest BCUT2D eigenvalue weighted by Crippen LogP contribution is 2.23. The van der Waals surface area contributed by atoms with Crippen LogP contribution in [0.4, 0.5) is 4.39 Å². The van der Waals surface area contributed by atoms with Crippen LogP contribution in [0.5, 0.6) is 0 Å². The van der Waals surface area contributed by atoms with Gasteiger partial charge >= 0.3 is 0 Å². The number of aromatic nitrogens is 1. The van der Waals surface area contributed by atoms with E-state index in [2.05, 4.69) is 20.9 Å². The summed E-state index contributed by atoms with van der Waals surface area (Å²) in [5.41, 5.74) is 8.11. The Morgan fingerprint density at radius 1 is 1.24 bits per heavy atom. The summed E-state index contributed by atoms with van der Waals surface area (Å²) in [5.74, 6) is -0.252. The van der Waals surface area contributed by atoms with Crippen LogP contribution < -0.4 is 5.73 Å². The molecule has 0 saturated heterocycles. The number of nitrogens with zero attached hydrogens (tertiary/aromatic N) is 1. The maximum absolute atomic E-state index is 12.9. The van der Waals surface area contributed by atoms with E-state index in [-0.39, 0.29) is 11.9 Å². The second kappa shape index (κ2) is 5.38. The monoisotopic (exact) mass is 294 g/mol. The molecule has 1 aromatic heterocycles. The Kier molecular flexibility index (Phi) is 3.86. The molecule has 2 N–H and O–H groups in total. The van der Waals surface area contributed by atoms with Gasteiger partial charge < -0.3 is 5.73 Å². The van der Waals surface area contributed by atoms with Crippen molar-refractivity contribution >= 4 is 15.9 Å². The molecule has 88 valence electrons. The van der Waals surface area contributed by atoms with Crippen molar-refractivity contribution in [2.24, 2.45) is 5.73 Å². The molecule has 0 aliphatic heterocycles. The lowest BCUT2D eigenvalue weighted by Gasteiger charge is -2.13. The normalized spacial score (nSPS) is 12.4. The van der Waals surface area contributed by atoms with Crippen LogP contribution in [-0.4, -0.2) is 4.98 Å². The molecule has 4 heteroatoms. The minimum atomic E-state index is -0.252. The zero-order valence-corrected chi connectivity index (χ0v) is 10.7. The molecule has 0 saturated carbocycles. The quantitative estimate of drug-likeness (QED) is 0.944. The van der Waals surface area contributed by atoms with Crippen LogP contribution in [0.1, 0.15) is 17.2 Å². The third-order valence-electron chi connectivity index (χ3n) is 2.59. The predicted octanol–water partition coefficient (Wildman–Crippen LogP) is 3.23. The zero-order valence-electron chi connectivity index (χ0n) is 9.11. The molecule has 17 heavy (non-hydrogen) atoms. The standard InChI is InChI=1S/C13H12BrFN2/c14-12-8-11(15)2-1-10(12)7-13(16)9-3-5-17-6-4-9/h1-6,8,13H,7,16H2. The maximum Gasteiger partial charge on any atom is 0.124 e. The molecule has 1 unspecified atom stereocenters. The van der Waals surface area contributed by atoms with E-state index in [1.165, 1.54) is 12.1 Å². The molecule has 0 aliphatic rings. The molecule has 0 radical (unpaired) electrons. The first kappa shape index (κ1) is 12.2. The van der Waals surface area contributed by atoms with Gasteiger partial charge in [0, 0.05) is 22.9 Å². The number of hydrogen-bond donors (Lipinski definition) is 1. The van der Waals surface area contributed by atoms with Crippen molar-refractivity contribution in [2.45, 2.75) is 12.5 Å². The van der Waals surface area contributed by atoms with Crippen molar-refractivity contribution in [1.29, 1.82) is 0 Å². The summed E-state index contributed by atoms with van der Waals surface area (Å²) in [7, 11) is 0. The average molecular weight is 295 g/mol. The lowest BCUT2D eigenvalue weighted by Crippen LogP contribution is -2.13. The number of hydrogen-bond acceptors (Lipinski definition) is 2. The molecule has 1 atom stereocenters. The maximum atomic E-state index is 12.9. The first-order chi connectivity index (χ1) is 8.16. The van der Waals surface area contributed by atoms with Gasteiger partial charge in [-0.25, -0.2) is 4.39 Å². The van der Waals surface area contributed by atoms with Gasteiger partial charge in [0.1, 0.15) is 5.82 Å². The Balaban J connectivity index is 2.16. The zero-order chi connectivity index (χ0) is 12.3. The van der Waals surface area contributed by atoms with Crippen molar-refractivity contribution in [3.63, 3.8) is 0 Å². The number of rotatable bonds is 3. The van der Waals surface area contributed by atoms with Crippen molar-refractivity contribution < 1.29 is 4.39 Å². The Bertz CT molecular complexity index is 502. The average Bonchev–Trinajstić information content (AvgIpc) is 2.34. The summed E-state index contributed by atoms with van der Waals surface area (Å²) in [6, 6.07) is 8.32. The lowest BCUT2D eigenvalue weighted by atomic mass is 10.0. The molecular formula is C13H12BrFN2.